The Morgan fingerprint density at radius 1 is 0.943 bits per heavy atom. The molecule has 0 atom stereocenters. The summed E-state index contributed by atoms with van der Waals surface area (Å²) >= 11 is 0. The molecule has 0 saturated carbocycles. The van der Waals surface area contributed by atoms with Gasteiger partial charge in [-0.1, -0.05) is 30.3 Å². The van der Waals surface area contributed by atoms with Crippen molar-refractivity contribution in [2.75, 3.05) is 24.4 Å². The first-order valence-corrected chi connectivity index (χ1v) is 10.6. The summed E-state index contributed by atoms with van der Waals surface area (Å²) in [6.07, 6.45) is -0.653. The number of phenols is 1. The smallest absolute Gasteiger partial charge is 0.419 e. The Hall–Kier alpha value is -5.03. The number of nitrogens with one attached hydrogen (secondary N) is 1. The molecule has 2 amide bonds. The number of nitriles is 1. The number of phenolic OH excluding ortho intramolecular Hbond substituents is 1. The molecule has 0 aliphatic heterocycles. The van der Waals surface area contributed by atoms with Gasteiger partial charge in [-0.2, -0.15) is 5.26 Å². The highest BCUT2D eigenvalue weighted by molar-refractivity contribution is 6.12. The topological polar surface area (TPSA) is 112 Å². The van der Waals surface area contributed by atoms with Crippen molar-refractivity contribution in [3.8, 4) is 23.3 Å². The number of carbonyl (C=O) groups excluding carboxylic acids is 2. The molecule has 0 unspecified atom stereocenters. The number of nitrogens with zero attached hydrogens (tertiary/aromatic N) is 2. The van der Waals surface area contributed by atoms with E-state index in [0.29, 0.717) is 39.2 Å². The van der Waals surface area contributed by atoms with Gasteiger partial charge in [-0.3, -0.25) is 9.69 Å². The lowest BCUT2D eigenvalue weighted by Crippen LogP contribution is -2.29. The lowest BCUT2D eigenvalue weighted by Gasteiger charge is -2.20. The largest absolute Gasteiger partial charge is 0.506 e. The van der Waals surface area contributed by atoms with Gasteiger partial charge in [0.25, 0.3) is 5.91 Å². The minimum absolute atomic E-state index is 0.0726. The van der Waals surface area contributed by atoms with Gasteiger partial charge in [0, 0.05) is 17.8 Å². The molecule has 8 nitrogen and oxygen atoms in total. The van der Waals surface area contributed by atoms with E-state index in [1.54, 1.807) is 67.7 Å². The first-order chi connectivity index (χ1) is 16.9. The number of fused-ring (bicyclic) bond motifs is 1. The van der Waals surface area contributed by atoms with Gasteiger partial charge in [0.1, 0.15) is 17.2 Å². The van der Waals surface area contributed by atoms with Crippen LogP contribution < -0.4 is 19.7 Å². The number of amides is 2. The molecule has 0 bridgehead atoms. The fourth-order valence-electron chi connectivity index (χ4n) is 3.60. The third-order valence-corrected chi connectivity index (χ3v) is 5.43. The van der Waals surface area contributed by atoms with Crippen molar-refractivity contribution in [1.82, 2.24) is 0 Å². The third kappa shape index (κ3) is 4.70. The number of anilines is 2. The van der Waals surface area contributed by atoms with Crippen molar-refractivity contribution >= 4 is 34.1 Å². The van der Waals surface area contributed by atoms with Gasteiger partial charge in [-0.15, -0.1) is 0 Å². The number of methoxy groups -OCH3 is 1. The van der Waals surface area contributed by atoms with Crippen LogP contribution in [0.1, 0.15) is 15.9 Å². The number of benzene rings is 4. The predicted octanol–water partition coefficient (Wildman–Crippen LogP) is 5.31. The van der Waals surface area contributed by atoms with Crippen molar-refractivity contribution in [2.45, 2.75) is 0 Å². The Kier molecular flexibility index (Phi) is 6.51. The molecule has 0 aliphatic rings. The van der Waals surface area contributed by atoms with Crippen LogP contribution >= 0.6 is 0 Å². The maximum absolute atomic E-state index is 12.9. The number of carbonyl (C=O) groups is 2. The van der Waals surface area contributed by atoms with Crippen molar-refractivity contribution < 1.29 is 24.2 Å². The van der Waals surface area contributed by atoms with E-state index >= 15 is 0 Å². The summed E-state index contributed by atoms with van der Waals surface area (Å²) in [5, 5.41) is 23.5. The fourth-order valence-corrected chi connectivity index (χ4v) is 3.60. The van der Waals surface area contributed by atoms with E-state index in [1.807, 2.05) is 6.07 Å². The quantitative estimate of drug-likeness (QED) is 0.411. The zero-order valence-electron chi connectivity index (χ0n) is 19.0. The lowest BCUT2D eigenvalue weighted by molar-refractivity contribution is 0.102. The number of rotatable bonds is 5. The summed E-state index contributed by atoms with van der Waals surface area (Å²) < 4.78 is 10.7. The van der Waals surface area contributed by atoms with E-state index in [1.165, 1.54) is 30.2 Å². The molecule has 0 saturated heterocycles. The second-order valence-electron chi connectivity index (χ2n) is 7.55. The maximum Gasteiger partial charge on any atom is 0.419 e. The van der Waals surface area contributed by atoms with Crippen LogP contribution in [0.5, 0.6) is 17.2 Å². The average Bonchev–Trinajstić information content (AvgIpc) is 2.89. The summed E-state index contributed by atoms with van der Waals surface area (Å²) in [4.78, 5) is 26.9. The Morgan fingerprint density at radius 2 is 1.69 bits per heavy atom. The molecule has 8 heteroatoms. The molecule has 35 heavy (non-hydrogen) atoms. The highest BCUT2D eigenvalue weighted by atomic mass is 16.6. The molecule has 0 aromatic heterocycles. The predicted molar refractivity (Wildman–Crippen MR) is 132 cm³/mol. The van der Waals surface area contributed by atoms with Crippen molar-refractivity contribution in [1.29, 1.82) is 5.26 Å². The molecule has 0 aliphatic carbocycles. The zero-order valence-corrected chi connectivity index (χ0v) is 19.0. The maximum atomic E-state index is 12.9. The van der Waals surface area contributed by atoms with E-state index in [9.17, 15) is 14.7 Å². The first-order valence-electron chi connectivity index (χ1n) is 10.6. The Labute approximate surface area is 201 Å². The SMILES string of the molecule is COc1ccccc1NC(=O)c1ccc2c(N(C)C(=O)Oc3ccc(C#N)cc3)cccc2c1O. The lowest BCUT2D eigenvalue weighted by atomic mass is 10.0. The highest BCUT2D eigenvalue weighted by Gasteiger charge is 2.20. The first kappa shape index (κ1) is 23.1. The Bertz CT molecular complexity index is 1460. The summed E-state index contributed by atoms with van der Waals surface area (Å²) in [6, 6.07) is 23.3. The van der Waals surface area contributed by atoms with Crippen LogP contribution in [-0.2, 0) is 0 Å². The van der Waals surface area contributed by atoms with Crippen LogP contribution in [0, 0.1) is 11.3 Å². The molecule has 0 spiro atoms. The monoisotopic (exact) mass is 467 g/mol. The molecule has 0 radical (unpaired) electrons. The van der Waals surface area contributed by atoms with Crippen LogP contribution in [0.25, 0.3) is 10.8 Å². The summed E-state index contributed by atoms with van der Waals surface area (Å²) in [6.45, 7) is 0. The zero-order chi connectivity index (χ0) is 24.9. The Morgan fingerprint density at radius 3 is 2.40 bits per heavy atom. The molecule has 4 aromatic carbocycles. The van der Waals surface area contributed by atoms with Gasteiger partial charge >= 0.3 is 6.09 Å². The van der Waals surface area contributed by atoms with Crippen molar-refractivity contribution in [2.24, 2.45) is 0 Å². The molecule has 0 fully saturated rings. The van der Waals surface area contributed by atoms with E-state index in [-0.39, 0.29) is 11.3 Å². The third-order valence-electron chi connectivity index (χ3n) is 5.43. The van der Waals surface area contributed by atoms with E-state index < -0.39 is 12.0 Å². The van der Waals surface area contributed by atoms with Gasteiger partial charge in [0.05, 0.1) is 35.7 Å². The molecular weight excluding hydrogens is 446 g/mol. The molecule has 174 valence electrons. The van der Waals surface area contributed by atoms with Crippen LogP contribution in [0.3, 0.4) is 0 Å². The normalized spacial score (nSPS) is 10.3. The number of hydrogen-bond acceptors (Lipinski definition) is 6. The van der Waals surface area contributed by atoms with Gasteiger partial charge in [-0.05, 0) is 48.5 Å². The van der Waals surface area contributed by atoms with E-state index in [4.69, 9.17) is 14.7 Å². The van der Waals surface area contributed by atoms with Crippen molar-refractivity contribution in [3.05, 3.63) is 90.0 Å². The fraction of sp³-hybridized carbons (Fsp3) is 0.0741. The van der Waals surface area contributed by atoms with Crippen molar-refractivity contribution in [3.63, 3.8) is 0 Å². The highest BCUT2D eigenvalue weighted by Crippen LogP contribution is 2.35. The number of hydrogen-bond donors (Lipinski definition) is 2. The number of ether oxygens (including phenoxy) is 2. The molecule has 0 heterocycles. The van der Waals surface area contributed by atoms with Crippen LogP contribution in [0.4, 0.5) is 16.2 Å². The number of aromatic hydroxyl groups is 1. The minimum atomic E-state index is -0.653. The molecule has 4 rings (SSSR count). The minimum Gasteiger partial charge on any atom is -0.506 e. The van der Waals surface area contributed by atoms with Gasteiger partial charge in [0.15, 0.2) is 0 Å². The standard InChI is InChI=1S/C27H21N3O5/c1-30(27(33)35-18-12-10-17(16-28)11-13-18)23-8-5-6-20-19(23)14-15-21(25(20)31)26(32)29-22-7-3-4-9-24(22)34-2/h3-15,31H,1-2H3,(H,29,32). The molecule has 2 N–H and O–H groups in total. The molecule has 4 aromatic rings. The second kappa shape index (κ2) is 9.85. The van der Waals surface area contributed by atoms with Crippen LogP contribution in [0.15, 0.2) is 78.9 Å². The average molecular weight is 467 g/mol. The van der Waals surface area contributed by atoms with Gasteiger partial charge < -0.3 is 19.9 Å². The van der Waals surface area contributed by atoms with E-state index in [0.717, 1.165) is 0 Å². The Balaban J connectivity index is 1.61. The number of para-hydroxylation sites is 2. The summed E-state index contributed by atoms with van der Waals surface area (Å²) in [5.41, 5.74) is 1.48. The van der Waals surface area contributed by atoms with Crippen LogP contribution in [0.2, 0.25) is 0 Å². The second-order valence-corrected chi connectivity index (χ2v) is 7.55. The van der Waals surface area contributed by atoms with Gasteiger partial charge in [-0.25, -0.2) is 4.79 Å². The summed E-state index contributed by atoms with van der Waals surface area (Å²) in [7, 11) is 3.04. The van der Waals surface area contributed by atoms with Crippen LogP contribution in [-0.4, -0.2) is 31.3 Å². The van der Waals surface area contributed by atoms with Gasteiger partial charge in [0.2, 0.25) is 0 Å². The van der Waals surface area contributed by atoms with E-state index in [2.05, 4.69) is 5.32 Å². The molecular formula is C27H21N3O5. The summed E-state index contributed by atoms with van der Waals surface area (Å²) in [5.74, 6) is 0.0588.